The summed E-state index contributed by atoms with van der Waals surface area (Å²) in [5.74, 6) is -1.85. The molecule has 0 amide bonds. The fraction of sp³-hybridized carbons (Fsp3) is 0. The minimum atomic E-state index is -5.55. The van der Waals surface area contributed by atoms with Crippen LogP contribution in [-0.4, -0.2) is 67.4 Å². The van der Waals surface area contributed by atoms with E-state index in [2.05, 4.69) is 42.4 Å². The first-order chi connectivity index (χ1) is 23.7. The van der Waals surface area contributed by atoms with Crippen molar-refractivity contribution in [2.75, 3.05) is 10.6 Å². The molecule has 0 radical (unpaired) electrons. The van der Waals surface area contributed by atoms with Crippen LogP contribution in [0.2, 0.25) is 5.28 Å². The van der Waals surface area contributed by atoms with Gasteiger partial charge < -0.3 is 29.4 Å². The van der Waals surface area contributed by atoms with Gasteiger partial charge in [-0.15, -0.1) is 10.2 Å². The van der Waals surface area contributed by atoms with Crippen LogP contribution >= 0.6 is 11.6 Å². The maximum Gasteiger partial charge on any atom is 1.00 e. The second-order valence-corrected chi connectivity index (χ2v) is 16.2. The van der Waals surface area contributed by atoms with Crippen LogP contribution in [0, 0.1) is 0 Å². The monoisotopic (exact) mass is 863 g/mol. The number of phenols is 1. The van der Waals surface area contributed by atoms with Gasteiger partial charge in [0, 0.05) is 16.5 Å². The van der Waals surface area contributed by atoms with Gasteiger partial charge in [0.1, 0.15) is 41.7 Å². The standard InChI is InChI=1S/C27H20ClN7O12S4.3Na/c1-2-48(37,38)16-9-7-15(8-10-16)29-26-31-25(28)32-27(33-26)30-19-13-17(49(39,40)41)11-14-12-21(51(45,46)47)23(24(36)22(14)19)35-34-18-5-3-4-6-20(18)50(42,43)44;;;/h2-13,36H,1H2,(H,39,40,41)(H,42,43,44)(H,45,46,47)(H2,29,30,31,32,33);;;/q;3*+1/p-3. The van der Waals surface area contributed by atoms with Crippen LogP contribution in [0.25, 0.3) is 10.8 Å². The molecule has 0 aliphatic carbocycles. The number of benzene rings is 4. The van der Waals surface area contributed by atoms with Crippen molar-refractivity contribution < 1.29 is 141 Å². The maximum absolute atomic E-state index is 12.3. The third kappa shape index (κ3) is 11.3. The van der Waals surface area contributed by atoms with Gasteiger partial charge in [0.2, 0.25) is 17.2 Å². The largest absolute Gasteiger partial charge is 1.00 e. The number of aromatic hydroxyl groups is 1. The Bertz CT molecular complexity index is 2750. The number of fused-ring (bicyclic) bond motifs is 1. The number of nitrogens with one attached hydrogen (secondary N) is 2. The Labute approximate surface area is 378 Å². The Morgan fingerprint density at radius 3 is 1.83 bits per heavy atom. The van der Waals surface area contributed by atoms with Gasteiger partial charge in [-0.3, -0.25) is 0 Å². The predicted octanol–water partition coefficient (Wildman–Crippen LogP) is -5.07. The number of hydrogen-bond donors (Lipinski definition) is 3. The molecule has 266 valence electrons. The van der Waals surface area contributed by atoms with Crippen LogP contribution in [0.15, 0.2) is 109 Å². The van der Waals surface area contributed by atoms with Gasteiger partial charge in [0.25, 0.3) is 0 Å². The summed E-state index contributed by atoms with van der Waals surface area (Å²) in [5.41, 5.74) is -1.87. The van der Waals surface area contributed by atoms with E-state index in [0.717, 1.165) is 17.5 Å². The molecule has 0 fully saturated rings. The van der Waals surface area contributed by atoms with Crippen molar-refractivity contribution in [2.45, 2.75) is 19.6 Å². The van der Waals surface area contributed by atoms with Crippen molar-refractivity contribution in [3.05, 3.63) is 84.0 Å². The van der Waals surface area contributed by atoms with Crippen molar-refractivity contribution in [2.24, 2.45) is 10.2 Å². The average molecular weight is 864 g/mol. The third-order valence-electron chi connectivity index (χ3n) is 6.59. The van der Waals surface area contributed by atoms with Gasteiger partial charge in [0.05, 0.1) is 25.3 Å². The van der Waals surface area contributed by atoms with E-state index >= 15 is 0 Å². The number of anilines is 4. The first-order valence-corrected chi connectivity index (χ1v) is 19.5. The SMILES string of the molecule is C=CS(=O)(=O)c1ccc(Nc2nc(Cl)nc(Nc3cc(S(=O)(=O)[O-])cc4cc(S(=O)(=O)[O-])c(N=Nc5ccccc5S(=O)(=O)[O-])c(O)c34)n2)cc1.[Na+].[Na+].[Na+]. The Morgan fingerprint density at radius 2 is 1.28 bits per heavy atom. The minimum absolute atomic E-state index is 0. The number of halogens is 1. The second-order valence-electron chi connectivity index (χ2n) is 9.91. The Kier molecular flexibility index (Phi) is 16.4. The zero-order valence-electron chi connectivity index (χ0n) is 27.8. The van der Waals surface area contributed by atoms with E-state index in [1.165, 1.54) is 36.4 Å². The second kappa shape index (κ2) is 18.4. The number of azo groups is 1. The number of rotatable bonds is 11. The quantitative estimate of drug-likeness (QED) is 0.0636. The fourth-order valence-corrected chi connectivity index (χ4v) is 7.04. The number of aromatic nitrogens is 3. The first-order valence-electron chi connectivity index (χ1n) is 13.3. The van der Waals surface area contributed by atoms with Crippen LogP contribution in [-0.2, 0) is 40.2 Å². The summed E-state index contributed by atoms with van der Waals surface area (Å²) in [6.07, 6.45) is 0. The normalized spacial score (nSPS) is 11.9. The average Bonchev–Trinajstić information content (AvgIpc) is 3.02. The van der Waals surface area contributed by atoms with Crippen LogP contribution in [0.4, 0.5) is 34.6 Å². The summed E-state index contributed by atoms with van der Waals surface area (Å²) in [6.45, 7) is 3.25. The van der Waals surface area contributed by atoms with Gasteiger partial charge in [-0.1, -0.05) is 18.7 Å². The smallest absolute Gasteiger partial charge is 0.744 e. The molecule has 0 aliphatic rings. The van der Waals surface area contributed by atoms with Crippen molar-refractivity contribution in [3.8, 4) is 5.75 Å². The van der Waals surface area contributed by atoms with Gasteiger partial charge >= 0.3 is 88.7 Å². The number of phenolic OH excluding ortho intramolecular Hbond substituents is 1. The van der Waals surface area contributed by atoms with E-state index in [1.54, 1.807) is 0 Å². The molecule has 0 aliphatic heterocycles. The van der Waals surface area contributed by atoms with Gasteiger partial charge in [-0.25, -0.2) is 33.7 Å². The molecule has 3 N–H and O–H groups in total. The molecule has 0 saturated heterocycles. The molecule has 5 aromatic rings. The van der Waals surface area contributed by atoms with E-state index in [4.69, 9.17) is 11.6 Å². The van der Waals surface area contributed by atoms with Crippen molar-refractivity contribution >= 4 is 97.2 Å². The first kappa shape index (κ1) is 48.0. The molecular weight excluding hydrogens is 847 g/mol. The van der Waals surface area contributed by atoms with Gasteiger partial charge in [-0.2, -0.15) is 15.0 Å². The fourth-order valence-electron chi connectivity index (χ4n) is 4.38. The molecule has 4 aromatic carbocycles. The Hall–Kier alpha value is -2.14. The molecular formula is C27H17ClN7Na3O12S4. The molecule has 0 spiro atoms. The molecule has 54 heavy (non-hydrogen) atoms. The van der Waals surface area contributed by atoms with Gasteiger partial charge in [0.15, 0.2) is 15.6 Å². The summed E-state index contributed by atoms with van der Waals surface area (Å²) >= 11 is 6.06. The zero-order valence-corrected chi connectivity index (χ0v) is 37.8. The molecule has 0 atom stereocenters. The molecule has 0 saturated carbocycles. The van der Waals surface area contributed by atoms with E-state index in [0.29, 0.717) is 18.2 Å². The molecule has 0 bridgehead atoms. The summed E-state index contributed by atoms with van der Waals surface area (Å²) in [6, 6.07) is 11.5. The van der Waals surface area contributed by atoms with E-state index in [1.807, 2.05) is 0 Å². The summed E-state index contributed by atoms with van der Waals surface area (Å²) < 4.78 is 132. The molecule has 1 heterocycles. The molecule has 19 nitrogen and oxygen atoms in total. The van der Waals surface area contributed by atoms with Crippen molar-refractivity contribution in [3.63, 3.8) is 0 Å². The minimum Gasteiger partial charge on any atom is -0.744 e. The summed E-state index contributed by atoms with van der Waals surface area (Å²) in [5, 5.41) is 23.0. The van der Waals surface area contributed by atoms with Gasteiger partial charge in [-0.05, 0) is 71.6 Å². The number of nitrogens with zero attached hydrogens (tertiary/aromatic N) is 5. The molecule has 5 rings (SSSR count). The third-order valence-corrected chi connectivity index (χ3v) is 10.7. The molecule has 1 aromatic heterocycles. The molecule has 27 heteroatoms. The van der Waals surface area contributed by atoms with E-state index in [9.17, 15) is 52.4 Å². The number of sulfone groups is 1. The van der Waals surface area contributed by atoms with Crippen LogP contribution < -0.4 is 99.3 Å². The Balaban J connectivity index is 0.00000336. The predicted molar refractivity (Wildman–Crippen MR) is 175 cm³/mol. The van der Waals surface area contributed by atoms with Crippen LogP contribution in [0.5, 0.6) is 5.75 Å². The summed E-state index contributed by atoms with van der Waals surface area (Å²) in [4.78, 5) is 8.66. The van der Waals surface area contributed by atoms with E-state index < -0.39 is 99.7 Å². The Morgan fingerprint density at radius 1 is 0.704 bits per heavy atom. The van der Waals surface area contributed by atoms with Crippen LogP contribution in [0.1, 0.15) is 0 Å². The van der Waals surface area contributed by atoms with Crippen molar-refractivity contribution in [1.82, 2.24) is 15.0 Å². The molecule has 0 unspecified atom stereocenters. The number of hydrogen-bond acceptors (Lipinski definition) is 19. The zero-order chi connectivity index (χ0) is 37.5. The summed E-state index contributed by atoms with van der Waals surface area (Å²) in [7, 11) is -19.7. The topological polar surface area (TPSA) is 313 Å². The van der Waals surface area contributed by atoms with E-state index in [-0.39, 0.29) is 105 Å². The maximum atomic E-state index is 12.3. The van der Waals surface area contributed by atoms with Crippen LogP contribution in [0.3, 0.4) is 0 Å². The van der Waals surface area contributed by atoms with Crippen molar-refractivity contribution in [1.29, 1.82) is 0 Å².